The van der Waals surface area contributed by atoms with E-state index in [1.807, 2.05) is 18.2 Å². The lowest BCUT2D eigenvalue weighted by Crippen LogP contribution is -2.31. The number of anilines is 1. The summed E-state index contributed by atoms with van der Waals surface area (Å²) in [6.07, 6.45) is 3.68. The normalized spacial score (nSPS) is 14.9. The van der Waals surface area contributed by atoms with Gasteiger partial charge in [0.05, 0.1) is 11.4 Å². The van der Waals surface area contributed by atoms with E-state index in [-0.39, 0.29) is 5.92 Å². The lowest BCUT2D eigenvalue weighted by Gasteiger charge is -2.27. The maximum Gasteiger partial charge on any atom is 0.237 e. The van der Waals surface area contributed by atoms with Crippen molar-refractivity contribution in [1.29, 1.82) is 0 Å². The molecule has 0 bridgehead atoms. The second-order valence-electron chi connectivity index (χ2n) is 6.99. The van der Waals surface area contributed by atoms with Gasteiger partial charge < -0.3 is 9.42 Å². The Hall–Kier alpha value is -2.35. The maximum absolute atomic E-state index is 5.37. The minimum absolute atomic E-state index is 0.256. The standard InChI is InChI=1S/C19H24N6OS/c1-14(2)17-20-16(26-23-17)13-27-19-22-21-18(24-11-7-4-8-12-24)25(19)15-9-5-3-6-10-15/h3,5-6,9-10,14H,4,7-8,11-13H2,1-2H3. The van der Waals surface area contributed by atoms with Gasteiger partial charge in [0, 0.05) is 19.0 Å². The summed E-state index contributed by atoms with van der Waals surface area (Å²) in [5.74, 6) is 3.10. The molecular formula is C19H24N6OS. The molecule has 1 aromatic carbocycles. The van der Waals surface area contributed by atoms with Crippen LogP contribution in [0.1, 0.15) is 50.7 Å². The van der Waals surface area contributed by atoms with Crippen molar-refractivity contribution in [1.82, 2.24) is 24.9 Å². The molecule has 1 fully saturated rings. The van der Waals surface area contributed by atoms with E-state index >= 15 is 0 Å². The van der Waals surface area contributed by atoms with Crippen LogP contribution in [-0.2, 0) is 5.75 Å². The highest BCUT2D eigenvalue weighted by Gasteiger charge is 2.22. The fourth-order valence-electron chi connectivity index (χ4n) is 3.14. The molecule has 0 saturated carbocycles. The van der Waals surface area contributed by atoms with Gasteiger partial charge in [-0.2, -0.15) is 4.98 Å². The Bertz CT molecular complexity index is 869. The lowest BCUT2D eigenvalue weighted by molar-refractivity contribution is 0.382. The molecule has 4 rings (SSSR count). The molecule has 7 nitrogen and oxygen atoms in total. The third-order valence-corrected chi connectivity index (χ3v) is 5.51. The summed E-state index contributed by atoms with van der Waals surface area (Å²) in [6.45, 7) is 6.16. The van der Waals surface area contributed by atoms with Gasteiger partial charge in [0.15, 0.2) is 11.0 Å². The molecule has 0 atom stereocenters. The molecule has 0 amide bonds. The first kappa shape index (κ1) is 18.0. The molecular weight excluding hydrogens is 360 g/mol. The zero-order chi connectivity index (χ0) is 18.6. The molecule has 0 spiro atoms. The average Bonchev–Trinajstić information content (AvgIpc) is 3.35. The average molecular weight is 385 g/mol. The van der Waals surface area contributed by atoms with Crippen LogP contribution in [0.25, 0.3) is 5.69 Å². The van der Waals surface area contributed by atoms with E-state index in [9.17, 15) is 0 Å². The van der Waals surface area contributed by atoms with Crippen LogP contribution < -0.4 is 4.90 Å². The molecule has 3 aromatic rings. The Balaban J connectivity index is 1.60. The lowest BCUT2D eigenvalue weighted by atomic mass is 10.1. The van der Waals surface area contributed by atoms with Crippen LogP contribution in [0.4, 0.5) is 5.95 Å². The largest absolute Gasteiger partial charge is 0.341 e. The highest BCUT2D eigenvalue weighted by atomic mass is 32.2. The molecule has 0 unspecified atom stereocenters. The Labute approximate surface area is 163 Å². The summed E-state index contributed by atoms with van der Waals surface area (Å²) in [4.78, 5) is 6.79. The van der Waals surface area contributed by atoms with Gasteiger partial charge in [0.25, 0.3) is 0 Å². The van der Waals surface area contributed by atoms with Gasteiger partial charge in [-0.05, 0) is 31.4 Å². The Morgan fingerprint density at radius 1 is 1.07 bits per heavy atom. The van der Waals surface area contributed by atoms with Gasteiger partial charge >= 0.3 is 0 Å². The van der Waals surface area contributed by atoms with E-state index < -0.39 is 0 Å². The van der Waals surface area contributed by atoms with Crippen molar-refractivity contribution in [3.63, 3.8) is 0 Å². The van der Waals surface area contributed by atoms with E-state index in [1.54, 1.807) is 11.8 Å². The van der Waals surface area contributed by atoms with Crippen LogP contribution in [0.5, 0.6) is 0 Å². The van der Waals surface area contributed by atoms with Crippen LogP contribution in [0.2, 0.25) is 0 Å². The highest BCUT2D eigenvalue weighted by Crippen LogP contribution is 2.29. The van der Waals surface area contributed by atoms with Crippen LogP contribution >= 0.6 is 11.8 Å². The first-order chi connectivity index (χ1) is 13.2. The van der Waals surface area contributed by atoms with Crippen molar-refractivity contribution >= 4 is 17.7 Å². The van der Waals surface area contributed by atoms with Gasteiger partial charge in [0.2, 0.25) is 11.8 Å². The zero-order valence-electron chi connectivity index (χ0n) is 15.7. The molecule has 2 aromatic heterocycles. The third-order valence-electron chi connectivity index (χ3n) is 4.59. The van der Waals surface area contributed by atoms with E-state index in [0.717, 1.165) is 35.7 Å². The number of hydrogen-bond acceptors (Lipinski definition) is 7. The first-order valence-electron chi connectivity index (χ1n) is 9.43. The molecule has 0 N–H and O–H groups in total. The van der Waals surface area contributed by atoms with Crippen molar-refractivity contribution in [3.05, 3.63) is 42.0 Å². The topological polar surface area (TPSA) is 72.9 Å². The molecule has 0 aliphatic carbocycles. The van der Waals surface area contributed by atoms with Crippen LogP contribution in [-0.4, -0.2) is 38.0 Å². The van der Waals surface area contributed by atoms with Crippen LogP contribution in [0.3, 0.4) is 0 Å². The van der Waals surface area contributed by atoms with E-state index in [1.165, 1.54) is 19.3 Å². The van der Waals surface area contributed by atoms with Crippen molar-refractivity contribution in [3.8, 4) is 5.69 Å². The highest BCUT2D eigenvalue weighted by molar-refractivity contribution is 7.98. The van der Waals surface area contributed by atoms with Gasteiger partial charge in [-0.1, -0.05) is 49.0 Å². The minimum Gasteiger partial charge on any atom is -0.341 e. The number of benzene rings is 1. The predicted molar refractivity (Wildman–Crippen MR) is 105 cm³/mol. The summed E-state index contributed by atoms with van der Waals surface area (Å²) in [6, 6.07) is 10.3. The van der Waals surface area contributed by atoms with Crippen molar-refractivity contribution in [2.45, 2.75) is 49.9 Å². The number of nitrogens with zero attached hydrogens (tertiary/aromatic N) is 6. The van der Waals surface area contributed by atoms with Crippen LogP contribution in [0, 0.1) is 0 Å². The monoisotopic (exact) mass is 384 g/mol. The summed E-state index contributed by atoms with van der Waals surface area (Å²) >= 11 is 1.57. The summed E-state index contributed by atoms with van der Waals surface area (Å²) in [7, 11) is 0. The Morgan fingerprint density at radius 3 is 2.56 bits per heavy atom. The van der Waals surface area contributed by atoms with Gasteiger partial charge in [-0.3, -0.25) is 4.57 Å². The molecule has 0 radical (unpaired) electrons. The second-order valence-corrected chi connectivity index (χ2v) is 7.93. The number of thioether (sulfide) groups is 1. The molecule has 1 saturated heterocycles. The van der Waals surface area contributed by atoms with Gasteiger partial charge in [0.1, 0.15) is 0 Å². The smallest absolute Gasteiger partial charge is 0.237 e. The van der Waals surface area contributed by atoms with Crippen molar-refractivity contribution in [2.75, 3.05) is 18.0 Å². The number of hydrogen-bond donors (Lipinski definition) is 0. The first-order valence-corrected chi connectivity index (χ1v) is 10.4. The minimum atomic E-state index is 0.256. The fourth-order valence-corrected chi connectivity index (χ4v) is 3.93. The second kappa shape index (κ2) is 8.12. The molecule has 8 heteroatoms. The molecule has 3 heterocycles. The Kier molecular flexibility index (Phi) is 5.42. The van der Waals surface area contributed by atoms with Crippen molar-refractivity contribution in [2.24, 2.45) is 0 Å². The number of piperidine rings is 1. The molecule has 27 heavy (non-hydrogen) atoms. The predicted octanol–water partition coefficient (Wildman–Crippen LogP) is 4.06. The fraction of sp³-hybridized carbons (Fsp3) is 0.474. The van der Waals surface area contributed by atoms with E-state index in [0.29, 0.717) is 11.6 Å². The quantitative estimate of drug-likeness (QED) is 0.593. The molecule has 142 valence electrons. The van der Waals surface area contributed by atoms with Gasteiger partial charge in [-0.15, -0.1) is 10.2 Å². The SMILES string of the molecule is CC(C)c1noc(CSc2nnc(N3CCCCC3)n2-c2ccccc2)n1. The van der Waals surface area contributed by atoms with E-state index in [2.05, 4.69) is 55.8 Å². The van der Waals surface area contributed by atoms with Crippen molar-refractivity contribution < 1.29 is 4.52 Å². The summed E-state index contributed by atoms with van der Waals surface area (Å²) < 4.78 is 7.50. The Morgan fingerprint density at radius 2 is 1.85 bits per heavy atom. The number of rotatable bonds is 6. The summed E-state index contributed by atoms with van der Waals surface area (Å²) in [5.41, 5.74) is 1.07. The maximum atomic E-state index is 5.37. The van der Waals surface area contributed by atoms with Crippen LogP contribution in [0.15, 0.2) is 40.0 Å². The van der Waals surface area contributed by atoms with Gasteiger partial charge in [-0.25, -0.2) is 0 Å². The molecule has 1 aliphatic heterocycles. The third kappa shape index (κ3) is 4.00. The number of para-hydroxylation sites is 1. The number of aromatic nitrogens is 5. The summed E-state index contributed by atoms with van der Waals surface area (Å²) in [5, 5.41) is 13.9. The van der Waals surface area contributed by atoms with E-state index in [4.69, 9.17) is 4.52 Å². The molecule has 1 aliphatic rings. The zero-order valence-corrected chi connectivity index (χ0v) is 16.5.